The second-order valence-corrected chi connectivity index (χ2v) is 6.31. The summed E-state index contributed by atoms with van der Waals surface area (Å²) in [5.74, 6) is 0.829. The molecular weight excluding hydrogens is 298 g/mol. The molecule has 1 unspecified atom stereocenters. The van der Waals surface area contributed by atoms with E-state index in [2.05, 4.69) is 29.2 Å². The van der Waals surface area contributed by atoms with Gasteiger partial charge in [-0.15, -0.1) is 12.4 Å². The Morgan fingerprint density at radius 3 is 2.77 bits per heavy atom. The van der Waals surface area contributed by atoms with E-state index in [1.165, 1.54) is 17.5 Å². The molecule has 3 rings (SSSR count). The number of likely N-dealkylation sites (tertiary alicyclic amines) is 1. The van der Waals surface area contributed by atoms with Crippen molar-refractivity contribution in [1.29, 1.82) is 0 Å². The largest absolute Gasteiger partial charge is 0.337 e. The smallest absolute Gasteiger partial charge is 0.237 e. The van der Waals surface area contributed by atoms with Crippen LogP contribution in [0.2, 0.25) is 0 Å². The Bertz CT molecular complexity index is 508. The van der Waals surface area contributed by atoms with Crippen LogP contribution in [0.15, 0.2) is 24.3 Å². The van der Waals surface area contributed by atoms with Crippen LogP contribution < -0.4 is 5.73 Å². The highest BCUT2D eigenvalue weighted by molar-refractivity contribution is 5.85. The second-order valence-electron chi connectivity index (χ2n) is 6.31. The first-order valence-corrected chi connectivity index (χ1v) is 8.03. The highest BCUT2D eigenvalue weighted by Gasteiger charge is 2.25. The zero-order valence-corrected chi connectivity index (χ0v) is 13.9. The number of hydrogen-bond donors (Lipinski definition) is 1. The van der Waals surface area contributed by atoms with Gasteiger partial charge < -0.3 is 10.6 Å². The maximum absolute atomic E-state index is 12.5. The zero-order valence-electron chi connectivity index (χ0n) is 13.0. The summed E-state index contributed by atoms with van der Waals surface area (Å²) in [6, 6.07) is 8.45. The van der Waals surface area contributed by atoms with Crippen LogP contribution in [0.25, 0.3) is 0 Å². The minimum atomic E-state index is 0. The zero-order chi connectivity index (χ0) is 14.7. The van der Waals surface area contributed by atoms with E-state index in [9.17, 15) is 4.79 Å². The minimum Gasteiger partial charge on any atom is -0.337 e. The summed E-state index contributed by atoms with van der Waals surface area (Å²) in [7, 11) is 0. The van der Waals surface area contributed by atoms with Crippen LogP contribution in [0.4, 0.5) is 0 Å². The lowest BCUT2D eigenvalue weighted by atomic mass is 9.98. The Balaban J connectivity index is 0.00000176. The number of benzene rings is 1. The summed E-state index contributed by atoms with van der Waals surface area (Å²) in [5, 5.41) is 0. The summed E-state index contributed by atoms with van der Waals surface area (Å²) in [6.45, 7) is 4.92. The van der Waals surface area contributed by atoms with Gasteiger partial charge in [-0.3, -0.25) is 9.69 Å². The van der Waals surface area contributed by atoms with Gasteiger partial charge in [-0.2, -0.15) is 0 Å². The standard InChI is InChI=1S/C17H25N3O.ClH/c18-10-14-4-3-8-19(11-14)13-17(21)20-9-7-15-5-1-2-6-16(15)12-20;/h1-2,5-6,14H,3-4,7-13,18H2;1H. The van der Waals surface area contributed by atoms with E-state index in [1.807, 2.05) is 4.90 Å². The fraction of sp³-hybridized carbons (Fsp3) is 0.588. The molecule has 1 saturated heterocycles. The lowest BCUT2D eigenvalue weighted by Gasteiger charge is -2.34. The molecule has 1 aromatic rings. The number of rotatable bonds is 3. The number of piperidine rings is 1. The summed E-state index contributed by atoms with van der Waals surface area (Å²) in [5.41, 5.74) is 8.46. The van der Waals surface area contributed by atoms with Crippen LogP contribution in [0.1, 0.15) is 24.0 Å². The predicted molar refractivity (Wildman–Crippen MR) is 91.0 cm³/mol. The second kappa shape index (κ2) is 7.95. The number of carbonyl (C=O) groups is 1. The van der Waals surface area contributed by atoms with Crippen LogP contribution >= 0.6 is 12.4 Å². The van der Waals surface area contributed by atoms with E-state index >= 15 is 0 Å². The Morgan fingerprint density at radius 2 is 2.00 bits per heavy atom. The Labute approximate surface area is 139 Å². The Morgan fingerprint density at radius 1 is 1.23 bits per heavy atom. The molecule has 5 heteroatoms. The van der Waals surface area contributed by atoms with Gasteiger partial charge in [0.1, 0.15) is 0 Å². The van der Waals surface area contributed by atoms with Crippen molar-refractivity contribution in [2.75, 3.05) is 32.7 Å². The average molecular weight is 324 g/mol. The van der Waals surface area contributed by atoms with Crippen molar-refractivity contribution >= 4 is 18.3 Å². The van der Waals surface area contributed by atoms with Crippen LogP contribution in [0.3, 0.4) is 0 Å². The van der Waals surface area contributed by atoms with Crippen LogP contribution in [-0.4, -0.2) is 48.4 Å². The molecule has 0 saturated carbocycles. The van der Waals surface area contributed by atoms with Gasteiger partial charge in [0.2, 0.25) is 5.91 Å². The lowest BCUT2D eigenvalue weighted by Crippen LogP contribution is -2.46. The molecule has 1 amide bonds. The van der Waals surface area contributed by atoms with E-state index in [1.54, 1.807) is 0 Å². The molecule has 0 bridgehead atoms. The van der Waals surface area contributed by atoms with Crippen molar-refractivity contribution in [3.63, 3.8) is 0 Å². The van der Waals surface area contributed by atoms with E-state index < -0.39 is 0 Å². The SMILES string of the molecule is Cl.NCC1CCCN(CC(=O)N2CCc3ccccc3C2)C1. The fourth-order valence-corrected chi connectivity index (χ4v) is 3.49. The van der Waals surface area contributed by atoms with Gasteiger partial charge in [0.15, 0.2) is 0 Å². The maximum Gasteiger partial charge on any atom is 0.237 e. The van der Waals surface area contributed by atoms with E-state index in [-0.39, 0.29) is 18.3 Å². The molecule has 2 aliphatic rings. The monoisotopic (exact) mass is 323 g/mol. The quantitative estimate of drug-likeness (QED) is 0.920. The number of nitrogens with two attached hydrogens (primary N) is 1. The number of fused-ring (bicyclic) bond motifs is 1. The van der Waals surface area contributed by atoms with Crippen molar-refractivity contribution in [3.05, 3.63) is 35.4 Å². The molecule has 0 aromatic heterocycles. The van der Waals surface area contributed by atoms with Crippen molar-refractivity contribution < 1.29 is 4.79 Å². The summed E-state index contributed by atoms with van der Waals surface area (Å²) >= 11 is 0. The summed E-state index contributed by atoms with van der Waals surface area (Å²) in [6.07, 6.45) is 3.35. The minimum absolute atomic E-state index is 0. The average Bonchev–Trinajstić information content (AvgIpc) is 2.54. The molecule has 1 fully saturated rings. The van der Waals surface area contributed by atoms with Crippen molar-refractivity contribution in [3.8, 4) is 0 Å². The summed E-state index contributed by atoms with van der Waals surface area (Å²) in [4.78, 5) is 16.8. The van der Waals surface area contributed by atoms with E-state index in [0.29, 0.717) is 12.5 Å². The molecular formula is C17H26ClN3O. The molecule has 1 atom stereocenters. The van der Waals surface area contributed by atoms with Gasteiger partial charge in [-0.05, 0) is 49.4 Å². The number of hydrogen-bond acceptors (Lipinski definition) is 3. The first kappa shape index (κ1) is 17.3. The normalized spacial score (nSPS) is 21.9. The van der Waals surface area contributed by atoms with Gasteiger partial charge in [-0.1, -0.05) is 24.3 Å². The molecule has 4 nitrogen and oxygen atoms in total. The highest BCUT2D eigenvalue weighted by Crippen LogP contribution is 2.20. The first-order valence-electron chi connectivity index (χ1n) is 8.03. The fourth-order valence-electron chi connectivity index (χ4n) is 3.49. The third-order valence-electron chi connectivity index (χ3n) is 4.78. The molecule has 2 N–H and O–H groups in total. The number of nitrogens with zero attached hydrogens (tertiary/aromatic N) is 2. The first-order chi connectivity index (χ1) is 10.3. The van der Waals surface area contributed by atoms with Gasteiger partial charge in [0.25, 0.3) is 0 Å². The van der Waals surface area contributed by atoms with Gasteiger partial charge in [0, 0.05) is 19.6 Å². The Hall–Kier alpha value is -1.10. The molecule has 1 aromatic carbocycles. The topological polar surface area (TPSA) is 49.6 Å². The van der Waals surface area contributed by atoms with Crippen molar-refractivity contribution in [2.45, 2.75) is 25.8 Å². The summed E-state index contributed by atoms with van der Waals surface area (Å²) < 4.78 is 0. The molecule has 22 heavy (non-hydrogen) atoms. The molecule has 0 radical (unpaired) electrons. The number of carbonyl (C=O) groups excluding carboxylic acids is 1. The Kier molecular flexibility index (Phi) is 6.24. The van der Waals surface area contributed by atoms with Crippen LogP contribution in [0.5, 0.6) is 0 Å². The maximum atomic E-state index is 12.5. The molecule has 2 heterocycles. The van der Waals surface area contributed by atoms with E-state index in [4.69, 9.17) is 5.73 Å². The van der Waals surface area contributed by atoms with E-state index in [0.717, 1.165) is 45.6 Å². The third-order valence-corrected chi connectivity index (χ3v) is 4.78. The van der Waals surface area contributed by atoms with Gasteiger partial charge >= 0.3 is 0 Å². The van der Waals surface area contributed by atoms with Crippen LogP contribution in [-0.2, 0) is 17.8 Å². The number of amides is 1. The van der Waals surface area contributed by atoms with Crippen molar-refractivity contribution in [2.24, 2.45) is 11.7 Å². The van der Waals surface area contributed by atoms with Gasteiger partial charge in [-0.25, -0.2) is 0 Å². The molecule has 0 spiro atoms. The molecule has 122 valence electrons. The highest BCUT2D eigenvalue weighted by atomic mass is 35.5. The number of halogens is 1. The van der Waals surface area contributed by atoms with Gasteiger partial charge in [0.05, 0.1) is 6.54 Å². The lowest BCUT2D eigenvalue weighted by molar-refractivity contribution is -0.133. The third kappa shape index (κ3) is 4.00. The van der Waals surface area contributed by atoms with Crippen molar-refractivity contribution in [1.82, 2.24) is 9.80 Å². The molecule has 0 aliphatic carbocycles. The molecule has 2 aliphatic heterocycles. The van der Waals surface area contributed by atoms with Crippen LogP contribution in [0, 0.1) is 5.92 Å². The predicted octanol–water partition coefficient (Wildman–Crippen LogP) is 1.66.